The molecular formula is C14H19FN2. The molecule has 17 heavy (non-hydrogen) atoms. The zero-order valence-electron chi connectivity index (χ0n) is 10.8. The number of hydrogen-bond acceptors (Lipinski definition) is 2. The van der Waals surface area contributed by atoms with E-state index in [0.29, 0.717) is 11.6 Å². The predicted molar refractivity (Wildman–Crippen MR) is 68.2 cm³/mol. The van der Waals surface area contributed by atoms with Crippen molar-refractivity contribution in [1.29, 1.82) is 5.26 Å². The molecule has 0 aromatic heterocycles. The second kappa shape index (κ2) is 5.18. The monoisotopic (exact) mass is 234 g/mol. The SMILES string of the molecule is Cc1cc(F)cc(NC(C)(C#N)CC(C)C)c1. The molecule has 0 aliphatic heterocycles. The fraction of sp³-hybridized carbons (Fsp3) is 0.500. The minimum absolute atomic E-state index is 0.280. The third-order valence-corrected chi connectivity index (χ3v) is 2.53. The van der Waals surface area contributed by atoms with Gasteiger partial charge < -0.3 is 5.32 Å². The third kappa shape index (κ3) is 4.07. The Kier molecular flexibility index (Phi) is 4.11. The summed E-state index contributed by atoms with van der Waals surface area (Å²) >= 11 is 0. The summed E-state index contributed by atoms with van der Waals surface area (Å²) in [5.41, 5.74) is 0.846. The van der Waals surface area contributed by atoms with Crippen molar-refractivity contribution in [3.63, 3.8) is 0 Å². The first kappa shape index (κ1) is 13.5. The number of nitriles is 1. The van der Waals surface area contributed by atoms with E-state index in [-0.39, 0.29) is 5.82 Å². The molecule has 0 spiro atoms. The number of rotatable bonds is 4. The maximum absolute atomic E-state index is 13.2. The summed E-state index contributed by atoms with van der Waals surface area (Å²) in [5.74, 6) is 0.124. The van der Waals surface area contributed by atoms with Crippen LogP contribution in [-0.2, 0) is 0 Å². The highest BCUT2D eigenvalue weighted by molar-refractivity contribution is 5.49. The average Bonchev–Trinajstić information content (AvgIpc) is 2.14. The fourth-order valence-electron chi connectivity index (χ4n) is 2.07. The van der Waals surface area contributed by atoms with Crippen molar-refractivity contribution in [2.45, 2.75) is 39.7 Å². The highest BCUT2D eigenvalue weighted by atomic mass is 19.1. The summed E-state index contributed by atoms with van der Waals surface area (Å²) < 4.78 is 13.2. The van der Waals surface area contributed by atoms with Crippen LogP contribution in [0.4, 0.5) is 10.1 Å². The molecule has 0 saturated carbocycles. The van der Waals surface area contributed by atoms with Crippen LogP contribution in [0.2, 0.25) is 0 Å². The summed E-state index contributed by atoms with van der Waals surface area (Å²) in [6.07, 6.45) is 0.721. The Balaban J connectivity index is 2.91. The molecule has 3 heteroatoms. The Morgan fingerprint density at radius 3 is 2.53 bits per heavy atom. The van der Waals surface area contributed by atoms with Crippen LogP contribution in [0.15, 0.2) is 18.2 Å². The quantitative estimate of drug-likeness (QED) is 0.858. The fourth-order valence-corrected chi connectivity index (χ4v) is 2.07. The number of halogens is 1. The van der Waals surface area contributed by atoms with Gasteiger partial charge in [-0.25, -0.2) is 4.39 Å². The molecule has 0 bridgehead atoms. The van der Waals surface area contributed by atoms with E-state index in [1.807, 2.05) is 19.9 Å². The highest BCUT2D eigenvalue weighted by Crippen LogP contribution is 2.23. The average molecular weight is 234 g/mol. The van der Waals surface area contributed by atoms with Gasteiger partial charge in [0.2, 0.25) is 0 Å². The lowest BCUT2D eigenvalue weighted by Gasteiger charge is -2.26. The molecule has 92 valence electrons. The molecule has 0 aliphatic rings. The van der Waals surface area contributed by atoms with Crippen molar-refractivity contribution in [3.8, 4) is 6.07 Å². The van der Waals surface area contributed by atoms with Gasteiger partial charge in [-0.05, 0) is 49.9 Å². The maximum Gasteiger partial charge on any atom is 0.125 e. The molecule has 1 unspecified atom stereocenters. The van der Waals surface area contributed by atoms with Gasteiger partial charge in [0.25, 0.3) is 0 Å². The molecule has 0 fully saturated rings. The number of anilines is 1. The second-order valence-corrected chi connectivity index (χ2v) is 5.18. The van der Waals surface area contributed by atoms with Crippen LogP contribution in [0.1, 0.15) is 32.8 Å². The standard InChI is InChI=1S/C14H19FN2/c1-10(2)8-14(4,9-16)17-13-6-11(3)5-12(15)7-13/h5-7,10,17H,8H2,1-4H3. The molecule has 0 saturated heterocycles. The molecule has 1 rings (SSSR count). The van der Waals surface area contributed by atoms with Gasteiger partial charge in [-0.2, -0.15) is 5.26 Å². The van der Waals surface area contributed by atoms with Crippen LogP contribution >= 0.6 is 0 Å². The third-order valence-electron chi connectivity index (χ3n) is 2.53. The largest absolute Gasteiger partial charge is 0.367 e. The Hall–Kier alpha value is -1.56. The number of benzene rings is 1. The Labute approximate surface area is 102 Å². The molecule has 0 heterocycles. The first-order valence-electron chi connectivity index (χ1n) is 5.81. The number of nitrogens with zero attached hydrogens (tertiary/aromatic N) is 1. The molecule has 2 nitrogen and oxygen atoms in total. The van der Waals surface area contributed by atoms with Gasteiger partial charge in [0.05, 0.1) is 6.07 Å². The first-order chi connectivity index (χ1) is 7.84. The zero-order chi connectivity index (χ0) is 13.1. The van der Waals surface area contributed by atoms with Crippen molar-refractivity contribution in [1.82, 2.24) is 0 Å². The van der Waals surface area contributed by atoms with E-state index < -0.39 is 5.54 Å². The van der Waals surface area contributed by atoms with Crippen molar-refractivity contribution in [3.05, 3.63) is 29.6 Å². The van der Waals surface area contributed by atoms with Gasteiger partial charge in [0, 0.05) is 5.69 Å². The van der Waals surface area contributed by atoms with E-state index in [2.05, 4.69) is 25.2 Å². The van der Waals surface area contributed by atoms with E-state index in [9.17, 15) is 9.65 Å². The topological polar surface area (TPSA) is 35.8 Å². The van der Waals surface area contributed by atoms with Crippen LogP contribution in [-0.4, -0.2) is 5.54 Å². The first-order valence-corrected chi connectivity index (χ1v) is 5.81. The van der Waals surface area contributed by atoms with Crippen LogP contribution in [0.3, 0.4) is 0 Å². The molecule has 0 aliphatic carbocycles. The highest BCUT2D eigenvalue weighted by Gasteiger charge is 2.24. The molecule has 0 radical (unpaired) electrons. The lowest BCUT2D eigenvalue weighted by molar-refractivity contribution is 0.474. The summed E-state index contributed by atoms with van der Waals surface area (Å²) in [7, 11) is 0. The van der Waals surface area contributed by atoms with Crippen LogP contribution in [0.25, 0.3) is 0 Å². The molecule has 1 atom stereocenters. The second-order valence-electron chi connectivity index (χ2n) is 5.18. The van der Waals surface area contributed by atoms with Gasteiger partial charge in [-0.15, -0.1) is 0 Å². The van der Waals surface area contributed by atoms with Crippen LogP contribution in [0.5, 0.6) is 0 Å². The Bertz CT molecular complexity index is 414. The van der Waals surface area contributed by atoms with E-state index in [1.54, 1.807) is 0 Å². The summed E-state index contributed by atoms with van der Waals surface area (Å²) in [4.78, 5) is 0. The number of hydrogen-bond donors (Lipinski definition) is 1. The zero-order valence-corrected chi connectivity index (χ0v) is 10.8. The minimum atomic E-state index is -0.658. The number of nitrogens with one attached hydrogen (secondary N) is 1. The lowest BCUT2D eigenvalue weighted by atomic mass is 9.92. The molecule has 1 aromatic rings. The molecule has 1 aromatic carbocycles. The smallest absolute Gasteiger partial charge is 0.125 e. The number of aryl methyl sites for hydroxylation is 1. The van der Waals surface area contributed by atoms with Gasteiger partial charge in [0.1, 0.15) is 11.4 Å². The predicted octanol–water partition coefficient (Wildman–Crippen LogP) is 3.87. The maximum atomic E-state index is 13.2. The van der Waals surface area contributed by atoms with Gasteiger partial charge >= 0.3 is 0 Å². The van der Waals surface area contributed by atoms with Crippen molar-refractivity contribution >= 4 is 5.69 Å². The van der Waals surface area contributed by atoms with E-state index in [4.69, 9.17) is 0 Å². The summed E-state index contributed by atoms with van der Waals surface area (Å²) in [5, 5.41) is 12.3. The van der Waals surface area contributed by atoms with Crippen molar-refractivity contribution < 1.29 is 4.39 Å². The van der Waals surface area contributed by atoms with Crippen molar-refractivity contribution in [2.24, 2.45) is 5.92 Å². The van der Waals surface area contributed by atoms with Gasteiger partial charge in [-0.3, -0.25) is 0 Å². The van der Waals surface area contributed by atoms with Crippen LogP contribution in [0, 0.1) is 30.0 Å². The molecule has 1 N–H and O–H groups in total. The molecule has 0 amide bonds. The van der Waals surface area contributed by atoms with Gasteiger partial charge in [-0.1, -0.05) is 13.8 Å². The minimum Gasteiger partial charge on any atom is -0.367 e. The van der Waals surface area contributed by atoms with Gasteiger partial charge in [0.15, 0.2) is 0 Å². The lowest BCUT2D eigenvalue weighted by Crippen LogP contribution is -2.34. The summed E-state index contributed by atoms with van der Waals surface area (Å²) in [6, 6.07) is 7.00. The van der Waals surface area contributed by atoms with Crippen molar-refractivity contribution in [2.75, 3.05) is 5.32 Å². The van der Waals surface area contributed by atoms with E-state index in [1.165, 1.54) is 12.1 Å². The molecular weight excluding hydrogens is 215 g/mol. The van der Waals surface area contributed by atoms with E-state index in [0.717, 1.165) is 12.0 Å². The Morgan fingerprint density at radius 2 is 2.06 bits per heavy atom. The van der Waals surface area contributed by atoms with E-state index >= 15 is 0 Å². The summed E-state index contributed by atoms with van der Waals surface area (Å²) in [6.45, 7) is 7.80. The normalized spacial score (nSPS) is 14.2. The Morgan fingerprint density at radius 1 is 1.41 bits per heavy atom. The van der Waals surface area contributed by atoms with Crippen LogP contribution < -0.4 is 5.32 Å².